The Bertz CT molecular complexity index is 1040. The van der Waals surface area contributed by atoms with Gasteiger partial charge in [0.1, 0.15) is 17.2 Å². The number of aromatic nitrogens is 2. The first kappa shape index (κ1) is 15.1. The van der Waals surface area contributed by atoms with Gasteiger partial charge < -0.3 is 5.32 Å². The molecule has 1 N–H and O–H groups in total. The topological polar surface area (TPSA) is 46.4 Å². The number of nitrogens with zero attached hydrogens (tertiary/aromatic N) is 2. The first-order valence-electron chi connectivity index (χ1n) is 8.13. The maximum Gasteiger partial charge on any atom is 0.256 e. The van der Waals surface area contributed by atoms with Gasteiger partial charge in [-0.1, -0.05) is 54.6 Å². The Morgan fingerprint density at radius 3 is 2.32 bits per heavy atom. The molecule has 0 aliphatic rings. The number of imidazole rings is 1. The fourth-order valence-electron chi connectivity index (χ4n) is 2.89. The van der Waals surface area contributed by atoms with E-state index in [0.29, 0.717) is 11.4 Å². The lowest BCUT2D eigenvalue weighted by Gasteiger charge is -2.08. The van der Waals surface area contributed by atoms with Crippen molar-refractivity contribution >= 4 is 17.4 Å². The van der Waals surface area contributed by atoms with Crippen molar-refractivity contribution in [2.24, 2.45) is 0 Å². The normalized spacial score (nSPS) is 10.8. The summed E-state index contributed by atoms with van der Waals surface area (Å²) in [6, 6.07) is 23.1. The van der Waals surface area contributed by atoms with Crippen LogP contribution in [0.5, 0.6) is 0 Å². The van der Waals surface area contributed by atoms with Gasteiger partial charge in [0.05, 0.1) is 0 Å². The minimum absolute atomic E-state index is 0.152. The molecule has 4 aromatic rings. The van der Waals surface area contributed by atoms with E-state index in [0.717, 1.165) is 22.5 Å². The molecular formula is C21H17N3O. The van der Waals surface area contributed by atoms with Crippen LogP contribution in [0.3, 0.4) is 0 Å². The van der Waals surface area contributed by atoms with Crippen LogP contribution in [0.15, 0.2) is 79.0 Å². The van der Waals surface area contributed by atoms with Crippen molar-refractivity contribution in [3.05, 3.63) is 90.1 Å². The fraction of sp³-hybridized carbons (Fsp3) is 0.0476. The third-order valence-electron chi connectivity index (χ3n) is 4.16. The largest absolute Gasteiger partial charge is 0.306 e. The molecule has 2 aromatic carbocycles. The number of fused-ring (bicyclic) bond motifs is 1. The molecule has 4 nitrogen and oxygen atoms in total. The Hall–Kier alpha value is -3.40. The van der Waals surface area contributed by atoms with Crippen molar-refractivity contribution in [2.45, 2.75) is 6.92 Å². The van der Waals surface area contributed by atoms with Gasteiger partial charge in [-0.05, 0) is 30.7 Å². The second-order valence-corrected chi connectivity index (χ2v) is 5.88. The third kappa shape index (κ3) is 2.78. The second kappa shape index (κ2) is 6.24. The number of amides is 1. The molecule has 0 aliphatic carbocycles. The van der Waals surface area contributed by atoms with E-state index in [1.165, 1.54) is 0 Å². The molecule has 0 atom stereocenters. The molecule has 0 bridgehead atoms. The number of benzene rings is 2. The van der Waals surface area contributed by atoms with Gasteiger partial charge in [0.25, 0.3) is 5.91 Å². The maximum atomic E-state index is 12.7. The van der Waals surface area contributed by atoms with Crippen LogP contribution < -0.4 is 5.32 Å². The van der Waals surface area contributed by atoms with E-state index in [4.69, 9.17) is 4.98 Å². The minimum Gasteiger partial charge on any atom is -0.306 e. The lowest BCUT2D eigenvalue weighted by atomic mass is 10.1. The average Bonchev–Trinajstić information content (AvgIpc) is 3.03. The summed E-state index contributed by atoms with van der Waals surface area (Å²) in [5, 5.41) is 3.04. The number of hydrogen-bond donors (Lipinski definition) is 1. The molecule has 4 heteroatoms. The number of carbonyl (C=O) groups is 1. The number of aryl methyl sites for hydroxylation is 1. The van der Waals surface area contributed by atoms with E-state index < -0.39 is 0 Å². The zero-order chi connectivity index (χ0) is 17.2. The quantitative estimate of drug-likeness (QED) is 0.599. The van der Waals surface area contributed by atoms with Gasteiger partial charge in [0, 0.05) is 17.3 Å². The molecule has 0 saturated carbocycles. The lowest BCUT2D eigenvalue weighted by molar-refractivity contribution is 0.102. The summed E-state index contributed by atoms with van der Waals surface area (Å²) < 4.78 is 1.93. The average molecular weight is 327 g/mol. The van der Waals surface area contributed by atoms with E-state index in [-0.39, 0.29) is 5.91 Å². The molecule has 4 rings (SSSR count). The number of pyridine rings is 1. The summed E-state index contributed by atoms with van der Waals surface area (Å²) in [7, 11) is 0. The summed E-state index contributed by atoms with van der Waals surface area (Å²) in [5.41, 5.74) is 4.24. The van der Waals surface area contributed by atoms with Gasteiger partial charge in [-0.25, -0.2) is 4.98 Å². The van der Waals surface area contributed by atoms with Gasteiger partial charge in [0.15, 0.2) is 0 Å². The molecular weight excluding hydrogens is 310 g/mol. The van der Waals surface area contributed by atoms with Crippen LogP contribution in [0.4, 0.5) is 5.82 Å². The molecule has 25 heavy (non-hydrogen) atoms. The second-order valence-electron chi connectivity index (χ2n) is 5.88. The fourth-order valence-corrected chi connectivity index (χ4v) is 2.89. The molecule has 0 fully saturated rings. The van der Waals surface area contributed by atoms with Crippen molar-refractivity contribution in [3.8, 4) is 11.3 Å². The SMILES string of the molecule is Cc1cccn2c(NC(=O)c3ccccc3)c(-c3ccccc3)nc12. The van der Waals surface area contributed by atoms with Crippen molar-refractivity contribution in [2.75, 3.05) is 5.32 Å². The van der Waals surface area contributed by atoms with E-state index in [2.05, 4.69) is 5.32 Å². The monoisotopic (exact) mass is 327 g/mol. The molecule has 0 spiro atoms. The van der Waals surface area contributed by atoms with Gasteiger partial charge >= 0.3 is 0 Å². The number of carbonyl (C=O) groups excluding carboxylic acids is 1. The highest BCUT2D eigenvalue weighted by atomic mass is 16.1. The highest BCUT2D eigenvalue weighted by molar-refractivity contribution is 6.05. The first-order valence-corrected chi connectivity index (χ1v) is 8.13. The zero-order valence-corrected chi connectivity index (χ0v) is 13.8. The Morgan fingerprint density at radius 2 is 1.60 bits per heavy atom. The van der Waals surface area contributed by atoms with Gasteiger partial charge in [-0.15, -0.1) is 0 Å². The molecule has 2 aromatic heterocycles. The van der Waals surface area contributed by atoms with Gasteiger partial charge in [0.2, 0.25) is 0 Å². The summed E-state index contributed by atoms with van der Waals surface area (Å²) in [6.07, 6.45) is 1.92. The molecule has 1 amide bonds. The van der Waals surface area contributed by atoms with Gasteiger partial charge in [-0.3, -0.25) is 9.20 Å². The van der Waals surface area contributed by atoms with Crippen LogP contribution in [0.2, 0.25) is 0 Å². The Balaban J connectivity index is 1.86. The Labute approximate surface area is 145 Å². The number of anilines is 1. The van der Waals surface area contributed by atoms with Crippen LogP contribution in [0.25, 0.3) is 16.9 Å². The third-order valence-corrected chi connectivity index (χ3v) is 4.16. The van der Waals surface area contributed by atoms with E-state index in [1.54, 1.807) is 12.1 Å². The van der Waals surface area contributed by atoms with Crippen LogP contribution in [0.1, 0.15) is 15.9 Å². The molecule has 0 aliphatic heterocycles. The lowest BCUT2D eigenvalue weighted by Crippen LogP contribution is -2.14. The van der Waals surface area contributed by atoms with Crippen LogP contribution >= 0.6 is 0 Å². The first-order chi connectivity index (χ1) is 12.2. The maximum absolute atomic E-state index is 12.7. The molecule has 2 heterocycles. The zero-order valence-electron chi connectivity index (χ0n) is 13.8. The van der Waals surface area contributed by atoms with Crippen LogP contribution in [-0.4, -0.2) is 15.3 Å². The summed E-state index contributed by atoms with van der Waals surface area (Å²) in [5.74, 6) is 0.528. The minimum atomic E-state index is -0.152. The van der Waals surface area contributed by atoms with Crippen molar-refractivity contribution in [1.29, 1.82) is 0 Å². The van der Waals surface area contributed by atoms with E-state index in [9.17, 15) is 4.79 Å². The molecule has 122 valence electrons. The van der Waals surface area contributed by atoms with Crippen molar-refractivity contribution < 1.29 is 4.79 Å². The highest BCUT2D eigenvalue weighted by Gasteiger charge is 2.17. The van der Waals surface area contributed by atoms with E-state index >= 15 is 0 Å². The Kier molecular flexibility index (Phi) is 3.78. The van der Waals surface area contributed by atoms with Crippen molar-refractivity contribution in [3.63, 3.8) is 0 Å². The summed E-state index contributed by atoms with van der Waals surface area (Å²) in [4.78, 5) is 17.4. The van der Waals surface area contributed by atoms with E-state index in [1.807, 2.05) is 78.2 Å². The predicted octanol–water partition coefficient (Wildman–Crippen LogP) is 4.56. The molecule has 0 unspecified atom stereocenters. The standard InChI is InChI=1S/C21H17N3O/c1-15-9-8-14-24-19(15)22-18(16-10-4-2-5-11-16)20(24)23-21(25)17-12-6-3-7-13-17/h2-14H,1H3,(H,23,25). The van der Waals surface area contributed by atoms with Crippen LogP contribution in [0, 0.1) is 6.92 Å². The number of rotatable bonds is 3. The number of hydrogen-bond acceptors (Lipinski definition) is 2. The van der Waals surface area contributed by atoms with Crippen molar-refractivity contribution in [1.82, 2.24) is 9.38 Å². The molecule has 0 saturated heterocycles. The smallest absolute Gasteiger partial charge is 0.256 e. The molecule has 0 radical (unpaired) electrons. The van der Waals surface area contributed by atoms with Crippen LogP contribution in [-0.2, 0) is 0 Å². The number of nitrogens with one attached hydrogen (secondary N) is 1. The Morgan fingerprint density at radius 1 is 0.920 bits per heavy atom. The predicted molar refractivity (Wildman–Crippen MR) is 99.8 cm³/mol. The highest BCUT2D eigenvalue weighted by Crippen LogP contribution is 2.30. The summed E-state index contributed by atoms with van der Waals surface area (Å²) >= 11 is 0. The summed E-state index contributed by atoms with van der Waals surface area (Å²) in [6.45, 7) is 2.01. The van der Waals surface area contributed by atoms with Gasteiger partial charge in [-0.2, -0.15) is 0 Å².